The molecule has 0 saturated carbocycles. The molecule has 9 heteroatoms. The number of hydrogen-bond donors (Lipinski definition) is 1. The van der Waals surface area contributed by atoms with E-state index in [1.54, 1.807) is 39.7 Å². The van der Waals surface area contributed by atoms with Crippen LogP contribution in [-0.2, 0) is 9.53 Å². The summed E-state index contributed by atoms with van der Waals surface area (Å²) in [6, 6.07) is 5.69. The van der Waals surface area contributed by atoms with Crippen molar-refractivity contribution in [1.82, 2.24) is 9.97 Å². The minimum absolute atomic E-state index is 0.149. The first kappa shape index (κ1) is 22.5. The molecule has 168 valence electrons. The van der Waals surface area contributed by atoms with Crippen molar-refractivity contribution in [2.75, 3.05) is 44.7 Å². The maximum Gasteiger partial charge on any atom is 0.310 e. The summed E-state index contributed by atoms with van der Waals surface area (Å²) in [4.78, 5) is 23.4. The van der Waals surface area contributed by atoms with Crippen LogP contribution in [0.4, 0.5) is 17.5 Å². The van der Waals surface area contributed by atoms with Crippen LogP contribution in [0.15, 0.2) is 24.4 Å². The summed E-state index contributed by atoms with van der Waals surface area (Å²) < 4.78 is 21.4. The van der Waals surface area contributed by atoms with Crippen molar-refractivity contribution >= 4 is 23.4 Å². The lowest BCUT2D eigenvalue weighted by Gasteiger charge is -2.37. The Labute approximate surface area is 182 Å². The van der Waals surface area contributed by atoms with Crippen molar-refractivity contribution in [2.24, 2.45) is 5.92 Å². The van der Waals surface area contributed by atoms with E-state index in [2.05, 4.69) is 27.1 Å². The predicted molar refractivity (Wildman–Crippen MR) is 118 cm³/mol. The van der Waals surface area contributed by atoms with Crippen LogP contribution in [0.2, 0.25) is 0 Å². The summed E-state index contributed by atoms with van der Waals surface area (Å²) in [5, 5.41) is 3.20. The Morgan fingerprint density at radius 2 is 1.87 bits per heavy atom. The van der Waals surface area contributed by atoms with Gasteiger partial charge >= 0.3 is 5.97 Å². The van der Waals surface area contributed by atoms with E-state index < -0.39 is 0 Å². The zero-order valence-corrected chi connectivity index (χ0v) is 18.7. The lowest BCUT2D eigenvalue weighted by Crippen LogP contribution is -2.45. The average Bonchev–Trinajstić information content (AvgIpc) is 2.79. The minimum Gasteiger partial charge on any atom is -0.493 e. The molecule has 0 amide bonds. The highest BCUT2D eigenvalue weighted by Crippen LogP contribution is 2.40. The lowest BCUT2D eigenvalue weighted by atomic mass is 9.93. The normalized spacial score (nSPS) is 18.3. The van der Waals surface area contributed by atoms with Crippen LogP contribution in [0.3, 0.4) is 0 Å². The van der Waals surface area contributed by atoms with Crippen LogP contribution in [0.25, 0.3) is 0 Å². The van der Waals surface area contributed by atoms with E-state index in [-0.39, 0.29) is 17.9 Å². The molecular weight excluding hydrogens is 400 g/mol. The van der Waals surface area contributed by atoms with E-state index in [1.807, 2.05) is 13.0 Å². The maximum absolute atomic E-state index is 12.2. The van der Waals surface area contributed by atoms with Gasteiger partial charge in [-0.1, -0.05) is 0 Å². The summed E-state index contributed by atoms with van der Waals surface area (Å²) in [5.74, 6) is 2.45. The highest BCUT2D eigenvalue weighted by atomic mass is 16.5. The topological polar surface area (TPSA) is 95.0 Å². The van der Waals surface area contributed by atoms with Gasteiger partial charge in [-0.2, -0.15) is 4.98 Å². The number of rotatable bonds is 8. The number of ether oxygens (including phenoxy) is 4. The maximum atomic E-state index is 12.2. The van der Waals surface area contributed by atoms with E-state index in [9.17, 15) is 4.79 Å². The van der Waals surface area contributed by atoms with E-state index >= 15 is 0 Å². The van der Waals surface area contributed by atoms with E-state index in [4.69, 9.17) is 18.9 Å². The second-order valence-electron chi connectivity index (χ2n) is 7.31. The number of methoxy groups -OCH3 is 3. The van der Waals surface area contributed by atoms with Crippen LogP contribution in [0.1, 0.15) is 26.7 Å². The fourth-order valence-corrected chi connectivity index (χ4v) is 3.73. The Balaban J connectivity index is 1.82. The largest absolute Gasteiger partial charge is 0.493 e. The standard InChI is InChI=1S/C22H30N4O5/c1-6-31-21(27)15-8-7-14(2)26(13-15)19-9-10-23-22(25-19)24-16-11-17(28-3)20(30-5)18(12-16)29-4/h9-12,14-15H,6-8,13H2,1-5H3,(H,23,24,25). The molecule has 2 aromatic rings. The van der Waals surface area contributed by atoms with Crippen molar-refractivity contribution in [1.29, 1.82) is 0 Å². The molecule has 1 aliphatic heterocycles. The Morgan fingerprint density at radius 1 is 1.16 bits per heavy atom. The van der Waals surface area contributed by atoms with Gasteiger partial charge in [0.25, 0.3) is 0 Å². The van der Waals surface area contributed by atoms with Crippen LogP contribution in [0, 0.1) is 5.92 Å². The molecule has 3 rings (SSSR count). The van der Waals surface area contributed by atoms with Crippen molar-refractivity contribution < 1.29 is 23.7 Å². The van der Waals surface area contributed by atoms with Gasteiger partial charge in [-0.05, 0) is 32.8 Å². The van der Waals surface area contributed by atoms with Gasteiger partial charge in [0.2, 0.25) is 11.7 Å². The summed E-state index contributed by atoms with van der Waals surface area (Å²) >= 11 is 0. The number of nitrogens with one attached hydrogen (secondary N) is 1. The van der Waals surface area contributed by atoms with E-state index in [0.717, 1.165) is 18.7 Å². The molecule has 1 saturated heterocycles. The first-order valence-electron chi connectivity index (χ1n) is 10.3. The summed E-state index contributed by atoms with van der Waals surface area (Å²) in [5.41, 5.74) is 0.697. The molecule has 0 spiro atoms. The molecule has 9 nitrogen and oxygen atoms in total. The van der Waals surface area contributed by atoms with Gasteiger partial charge in [0.15, 0.2) is 11.5 Å². The monoisotopic (exact) mass is 430 g/mol. The van der Waals surface area contributed by atoms with E-state index in [1.165, 1.54) is 0 Å². The minimum atomic E-state index is -0.155. The first-order valence-corrected chi connectivity index (χ1v) is 10.3. The fourth-order valence-electron chi connectivity index (χ4n) is 3.73. The van der Waals surface area contributed by atoms with E-state index in [0.29, 0.717) is 42.0 Å². The van der Waals surface area contributed by atoms with Gasteiger partial charge in [0.1, 0.15) is 5.82 Å². The number of esters is 1. The quantitative estimate of drug-likeness (QED) is 0.632. The third-order valence-corrected chi connectivity index (χ3v) is 5.36. The number of carbonyl (C=O) groups is 1. The van der Waals surface area contributed by atoms with Gasteiger partial charge in [-0.25, -0.2) is 4.98 Å². The third-order valence-electron chi connectivity index (χ3n) is 5.36. The van der Waals surface area contributed by atoms with Gasteiger partial charge in [-0.3, -0.25) is 4.79 Å². The Kier molecular flexibility index (Phi) is 7.38. The molecule has 0 radical (unpaired) electrons. The molecule has 1 N–H and O–H groups in total. The van der Waals surface area contributed by atoms with Crippen LogP contribution in [-0.4, -0.2) is 56.5 Å². The number of hydrogen-bond acceptors (Lipinski definition) is 9. The Hall–Kier alpha value is -3.23. The van der Waals surface area contributed by atoms with Crippen molar-refractivity contribution in [2.45, 2.75) is 32.7 Å². The average molecular weight is 431 g/mol. The number of benzene rings is 1. The fraction of sp³-hybridized carbons (Fsp3) is 0.500. The highest BCUT2D eigenvalue weighted by Gasteiger charge is 2.31. The Morgan fingerprint density at radius 3 is 2.48 bits per heavy atom. The Bertz CT molecular complexity index is 882. The zero-order chi connectivity index (χ0) is 22.4. The van der Waals surface area contributed by atoms with Gasteiger partial charge in [0, 0.05) is 36.6 Å². The zero-order valence-electron chi connectivity index (χ0n) is 18.7. The number of carbonyl (C=O) groups excluding carboxylic acids is 1. The van der Waals surface area contributed by atoms with Crippen molar-refractivity contribution in [3.05, 3.63) is 24.4 Å². The number of nitrogens with zero attached hydrogens (tertiary/aromatic N) is 3. The molecule has 1 aromatic carbocycles. The first-order chi connectivity index (χ1) is 15.0. The smallest absolute Gasteiger partial charge is 0.310 e. The number of anilines is 3. The van der Waals surface area contributed by atoms with Gasteiger partial charge < -0.3 is 29.2 Å². The molecule has 1 aromatic heterocycles. The number of piperidine rings is 1. The lowest BCUT2D eigenvalue weighted by molar-refractivity contribution is -0.148. The molecule has 1 fully saturated rings. The molecular formula is C22H30N4O5. The van der Waals surface area contributed by atoms with Crippen LogP contribution in [0.5, 0.6) is 17.2 Å². The van der Waals surface area contributed by atoms with Gasteiger partial charge in [0.05, 0.1) is 33.9 Å². The van der Waals surface area contributed by atoms with Crippen molar-refractivity contribution in [3.63, 3.8) is 0 Å². The van der Waals surface area contributed by atoms with Gasteiger partial charge in [-0.15, -0.1) is 0 Å². The second kappa shape index (κ2) is 10.2. The second-order valence-corrected chi connectivity index (χ2v) is 7.31. The molecule has 2 unspecified atom stereocenters. The highest BCUT2D eigenvalue weighted by molar-refractivity contribution is 5.73. The molecule has 31 heavy (non-hydrogen) atoms. The third kappa shape index (κ3) is 5.10. The predicted octanol–water partition coefficient (Wildman–Crippen LogP) is 3.41. The van der Waals surface area contributed by atoms with Crippen molar-refractivity contribution in [3.8, 4) is 17.2 Å². The molecule has 0 bridgehead atoms. The molecule has 2 atom stereocenters. The molecule has 1 aliphatic rings. The van der Waals surface area contributed by atoms with Crippen LogP contribution >= 0.6 is 0 Å². The SMILES string of the molecule is CCOC(=O)C1CCC(C)N(c2ccnc(Nc3cc(OC)c(OC)c(OC)c3)n2)C1. The summed E-state index contributed by atoms with van der Waals surface area (Å²) in [6.45, 7) is 4.92. The summed E-state index contributed by atoms with van der Waals surface area (Å²) in [6.07, 6.45) is 3.41. The molecule has 2 heterocycles. The number of aromatic nitrogens is 2. The molecule has 0 aliphatic carbocycles. The summed E-state index contributed by atoms with van der Waals surface area (Å²) in [7, 11) is 4.69. The van der Waals surface area contributed by atoms with Crippen LogP contribution < -0.4 is 24.4 Å².